The average Bonchev–Trinajstić information content (AvgIpc) is 3.09. The van der Waals surface area contributed by atoms with Crippen molar-refractivity contribution in [1.82, 2.24) is 19.9 Å². The van der Waals surface area contributed by atoms with Crippen molar-refractivity contribution in [1.29, 1.82) is 0 Å². The molecule has 0 saturated heterocycles. The summed E-state index contributed by atoms with van der Waals surface area (Å²) in [6, 6.07) is 9.33. The lowest BCUT2D eigenvalue weighted by molar-refractivity contribution is 0.0951. The van der Waals surface area contributed by atoms with Crippen LogP contribution in [0, 0.1) is 5.82 Å². The van der Waals surface area contributed by atoms with Gasteiger partial charge in [-0.05, 0) is 29.8 Å². The summed E-state index contributed by atoms with van der Waals surface area (Å²) < 4.78 is 14.5. The predicted octanol–water partition coefficient (Wildman–Crippen LogP) is 2.34. The summed E-state index contributed by atoms with van der Waals surface area (Å²) in [5.74, 6) is 0.106. The van der Waals surface area contributed by atoms with E-state index in [-0.39, 0.29) is 11.7 Å². The van der Waals surface area contributed by atoms with Crippen LogP contribution in [0.3, 0.4) is 0 Å². The standard InChI is InChI=1S/C16H13FN4O/c17-14-3-1-12(2-4-14)10-20-16(22)13-5-6-19-15(9-13)21-8-7-18-11-21/h1-9,11H,10H2,(H,20,22). The number of nitrogens with one attached hydrogen (secondary N) is 1. The molecule has 3 aromatic rings. The topological polar surface area (TPSA) is 59.8 Å². The molecule has 0 atom stereocenters. The van der Waals surface area contributed by atoms with Gasteiger partial charge in [0.05, 0.1) is 0 Å². The molecule has 0 aliphatic rings. The fourth-order valence-electron chi connectivity index (χ4n) is 1.98. The van der Waals surface area contributed by atoms with Crippen LogP contribution in [0.4, 0.5) is 4.39 Å². The second-order valence-electron chi connectivity index (χ2n) is 4.68. The van der Waals surface area contributed by atoms with E-state index in [1.54, 1.807) is 53.8 Å². The van der Waals surface area contributed by atoms with Crippen LogP contribution >= 0.6 is 0 Å². The molecular weight excluding hydrogens is 283 g/mol. The van der Waals surface area contributed by atoms with Crippen molar-refractivity contribution in [3.8, 4) is 5.82 Å². The molecule has 0 aliphatic carbocycles. The maximum Gasteiger partial charge on any atom is 0.251 e. The normalized spacial score (nSPS) is 10.4. The third-order valence-corrected chi connectivity index (χ3v) is 3.14. The van der Waals surface area contributed by atoms with E-state index >= 15 is 0 Å². The number of hydrogen-bond acceptors (Lipinski definition) is 3. The van der Waals surface area contributed by atoms with Gasteiger partial charge in [0.2, 0.25) is 0 Å². The summed E-state index contributed by atoms with van der Waals surface area (Å²) >= 11 is 0. The molecule has 0 spiro atoms. The highest BCUT2D eigenvalue weighted by molar-refractivity contribution is 5.94. The maximum absolute atomic E-state index is 12.8. The predicted molar refractivity (Wildman–Crippen MR) is 78.9 cm³/mol. The number of nitrogens with zero attached hydrogens (tertiary/aromatic N) is 3. The lowest BCUT2D eigenvalue weighted by Crippen LogP contribution is -2.23. The summed E-state index contributed by atoms with van der Waals surface area (Å²) in [5.41, 5.74) is 1.33. The summed E-state index contributed by atoms with van der Waals surface area (Å²) in [4.78, 5) is 20.3. The minimum absolute atomic E-state index is 0.215. The van der Waals surface area contributed by atoms with Gasteiger partial charge in [-0.15, -0.1) is 0 Å². The van der Waals surface area contributed by atoms with Gasteiger partial charge in [0.1, 0.15) is 18.0 Å². The Morgan fingerprint density at radius 1 is 1.18 bits per heavy atom. The monoisotopic (exact) mass is 296 g/mol. The Labute approximate surface area is 126 Å². The molecule has 0 aliphatic heterocycles. The lowest BCUT2D eigenvalue weighted by atomic mass is 10.2. The van der Waals surface area contributed by atoms with Crippen LogP contribution in [0.5, 0.6) is 0 Å². The maximum atomic E-state index is 12.8. The zero-order valence-electron chi connectivity index (χ0n) is 11.6. The molecule has 0 saturated carbocycles. The molecule has 2 heterocycles. The van der Waals surface area contributed by atoms with Gasteiger partial charge >= 0.3 is 0 Å². The zero-order chi connectivity index (χ0) is 15.4. The Hall–Kier alpha value is -3.02. The SMILES string of the molecule is O=C(NCc1ccc(F)cc1)c1ccnc(-n2ccnc2)c1. The minimum atomic E-state index is -0.297. The van der Waals surface area contributed by atoms with E-state index in [9.17, 15) is 9.18 Å². The van der Waals surface area contributed by atoms with Gasteiger partial charge in [-0.2, -0.15) is 0 Å². The minimum Gasteiger partial charge on any atom is -0.348 e. The van der Waals surface area contributed by atoms with E-state index in [0.29, 0.717) is 17.9 Å². The fraction of sp³-hybridized carbons (Fsp3) is 0.0625. The number of aromatic nitrogens is 3. The molecule has 1 amide bonds. The molecule has 0 unspecified atom stereocenters. The van der Waals surface area contributed by atoms with Crippen molar-refractivity contribution in [3.05, 3.63) is 78.3 Å². The van der Waals surface area contributed by atoms with Gasteiger partial charge in [0, 0.05) is 30.7 Å². The number of pyridine rings is 1. The number of rotatable bonds is 4. The Morgan fingerprint density at radius 3 is 2.73 bits per heavy atom. The molecule has 22 heavy (non-hydrogen) atoms. The van der Waals surface area contributed by atoms with E-state index < -0.39 is 0 Å². The van der Waals surface area contributed by atoms with Crippen LogP contribution in [0.25, 0.3) is 5.82 Å². The molecule has 6 heteroatoms. The first-order valence-corrected chi connectivity index (χ1v) is 6.69. The summed E-state index contributed by atoms with van der Waals surface area (Å²) in [7, 11) is 0. The van der Waals surface area contributed by atoms with Gasteiger partial charge in [0.15, 0.2) is 0 Å². The highest BCUT2D eigenvalue weighted by atomic mass is 19.1. The van der Waals surface area contributed by atoms with E-state index in [4.69, 9.17) is 0 Å². The number of halogens is 1. The number of carbonyl (C=O) groups is 1. The summed E-state index contributed by atoms with van der Waals surface area (Å²) in [5, 5.41) is 2.79. The Balaban J connectivity index is 1.70. The van der Waals surface area contributed by atoms with Crippen molar-refractivity contribution in [2.75, 3.05) is 0 Å². The summed E-state index contributed by atoms with van der Waals surface area (Å²) in [6.07, 6.45) is 6.58. The van der Waals surface area contributed by atoms with Crippen molar-refractivity contribution in [2.24, 2.45) is 0 Å². The third-order valence-electron chi connectivity index (χ3n) is 3.14. The number of hydrogen-bond donors (Lipinski definition) is 1. The molecule has 5 nitrogen and oxygen atoms in total. The highest BCUT2D eigenvalue weighted by Gasteiger charge is 2.07. The van der Waals surface area contributed by atoms with Gasteiger partial charge in [-0.25, -0.2) is 14.4 Å². The van der Waals surface area contributed by atoms with Crippen LogP contribution in [0.15, 0.2) is 61.3 Å². The number of amides is 1. The first kappa shape index (κ1) is 13.9. The largest absolute Gasteiger partial charge is 0.348 e. The van der Waals surface area contributed by atoms with E-state index in [1.165, 1.54) is 12.1 Å². The van der Waals surface area contributed by atoms with Gasteiger partial charge < -0.3 is 5.32 Å². The van der Waals surface area contributed by atoms with E-state index in [2.05, 4.69) is 15.3 Å². The second-order valence-corrected chi connectivity index (χ2v) is 4.68. The van der Waals surface area contributed by atoms with Crippen molar-refractivity contribution in [3.63, 3.8) is 0 Å². The molecule has 0 fully saturated rings. The van der Waals surface area contributed by atoms with Crippen LogP contribution in [-0.4, -0.2) is 20.4 Å². The van der Waals surface area contributed by atoms with Crippen LogP contribution < -0.4 is 5.32 Å². The molecule has 3 rings (SSSR count). The number of imidazole rings is 1. The van der Waals surface area contributed by atoms with Crippen molar-refractivity contribution < 1.29 is 9.18 Å². The van der Waals surface area contributed by atoms with Gasteiger partial charge in [0.25, 0.3) is 5.91 Å². The number of carbonyl (C=O) groups excluding carboxylic acids is 1. The number of benzene rings is 1. The Morgan fingerprint density at radius 2 is 2.00 bits per heavy atom. The molecule has 1 aromatic carbocycles. The van der Waals surface area contributed by atoms with Gasteiger partial charge in [-0.1, -0.05) is 12.1 Å². The first-order valence-electron chi connectivity index (χ1n) is 6.69. The highest BCUT2D eigenvalue weighted by Crippen LogP contribution is 2.08. The van der Waals surface area contributed by atoms with Crippen molar-refractivity contribution >= 4 is 5.91 Å². The quantitative estimate of drug-likeness (QED) is 0.804. The lowest BCUT2D eigenvalue weighted by Gasteiger charge is -2.07. The van der Waals surface area contributed by atoms with E-state index in [1.807, 2.05) is 0 Å². The molecular formula is C16H13FN4O. The molecule has 0 radical (unpaired) electrons. The van der Waals surface area contributed by atoms with Gasteiger partial charge in [-0.3, -0.25) is 9.36 Å². The third kappa shape index (κ3) is 3.17. The van der Waals surface area contributed by atoms with Crippen LogP contribution in [-0.2, 0) is 6.54 Å². The first-order chi connectivity index (χ1) is 10.7. The second kappa shape index (κ2) is 6.17. The molecule has 1 N–H and O–H groups in total. The van der Waals surface area contributed by atoms with Crippen LogP contribution in [0.2, 0.25) is 0 Å². The summed E-state index contributed by atoms with van der Waals surface area (Å²) in [6.45, 7) is 0.335. The van der Waals surface area contributed by atoms with E-state index in [0.717, 1.165) is 5.56 Å². The van der Waals surface area contributed by atoms with Crippen LogP contribution in [0.1, 0.15) is 15.9 Å². The zero-order valence-corrected chi connectivity index (χ0v) is 11.6. The molecule has 110 valence electrons. The molecule has 0 bridgehead atoms. The smallest absolute Gasteiger partial charge is 0.251 e. The Kier molecular flexibility index (Phi) is 3.91. The van der Waals surface area contributed by atoms with Crippen molar-refractivity contribution in [2.45, 2.75) is 6.54 Å². The molecule has 2 aromatic heterocycles. The average molecular weight is 296 g/mol. The Bertz CT molecular complexity index is 769. The fourth-order valence-corrected chi connectivity index (χ4v) is 1.98.